The van der Waals surface area contributed by atoms with E-state index in [2.05, 4.69) is 33.2 Å². The third kappa shape index (κ3) is 3.28. The monoisotopic (exact) mass is 361 g/mol. The van der Waals surface area contributed by atoms with Crippen molar-refractivity contribution in [1.82, 2.24) is 24.7 Å². The van der Waals surface area contributed by atoms with Crippen molar-refractivity contribution in [2.45, 2.75) is 27.3 Å². The van der Waals surface area contributed by atoms with E-state index >= 15 is 0 Å². The molecule has 0 amide bonds. The minimum Gasteiger partial charge on any atom is -0.267 e. The summed E-state index contributed by atoms with van der Waals surface area (Å²) in [4.78, 5) is 14.6. The highest BCUT2D eigenvalue weighted by atomic mass is 32.1. The highest BCUT2D eigenvalue weighted by Gasteiger charge is 2.10. The molecule has 0 saturated carbocycles. The van der Waals surface area contributed by atoms with E-state index in [0.717, 1.165) is 46.1 Å². The lowest BCUT2D eigenvalue weighted by molar-refractivity contribution is 0.693. The Morgan fingerprint density at radius 1 is 1.00 bits per heavy atom. The fourth-order valence-electron chi connectivity index (χ4n) is 2.87. The van der Waals surface area contributed by atoms with E-state index in [1.54, 1.807) is 17.5 Å². The number of benzene rings is 1. The molecule has 3 aromatic heterocycles. The van der Waals surface area contributed by atoms with Gasteiger partial charge in [0.2, 0.25) is 0 Å². The Hall–Kier alpha value is -2.86. The van der Waals surface area contributed by atoms with Gasteiger partial charge in [0.1, 0.15) is 0 Å². The minimum atomic E-state index is 0.749. The molecule has 0 bridgehead atoms. The third-order valence-electron chi connectivity index (χ3n) is 4.30. The second-order valence-electron chi connectivity index (χ2n) is 6.29. The van der Waals surface area contributed by atoms with Crippen LogP contribution in [-0.4, -0.2) is 24.7 Å². The molecule has 0 saturated heterocycles. The van der Waals surface area contributed by atoms with Crippen molar-refractivity contribution in [3.8, 4) is 22.5 Å². The molecule has 26 heavy (non-hydrogen) atoms. The topological polar surface area (TPSA) is 56.5 Å². The van der Waals surface area contributed by atoms with Gasteiger partial charge in [0.15, 0.2) is 0 Å². The second kappa shape index (κ2) is 6.80. The molecule has 0 aliphatic rings. The maximum atomic E-state index is 4.73. The average Bonchev–Trinajstić information content (AvgIpc) is 3.27. The molecule has 0 radical (unpaired) electrons. The van der Waals surface area contributed by atoms with E-state index in [9.17, 15) is 0 Å². The van der Waals surface area contributed by atoms with E-state index < -0.39 is 0 Å². The number of hydrogen-bond donors (Lipinski definition) is 0. The molecule has 0 N–H and O–H groups in total. The Morgan fingerprint density at radius 3 is 2.65 bits per heavy atom. The SMILES string of the molecule is Cc1cnc(C)c(-c2cccc(-c3ccn(Cc4scnc4C)n3)c2)n1. The molecule has 0 atom stereocenters. The fourth-order valence-corrected chi connectivity index (χ4v) is 3.63. The molecule has 4 rings (SSSR count). The molecule has 130 valence electrons. The number of hydrogen-bond acceptors (Lipinski definition) is 5. The number of rotatable bonds is 4. The van der Waals surface area contributed by atoms with Crippen LogP contribution in [0.2, 0.25) is 0 Å². The Morgan fingerprint density at radius 2 is 1.85 bits per heavy atom. The second-order valence-corrected chi connectivity index (χ2v) is 7.23. The van der Waals surface area contributed by atoms with Gasteiger partial charge in [0.25, 0.3) is 0 Å². The maximum Gasteiger partial charge on any atom is 0.0923 e. The van der Waals surface area contributed by atoms with Crippen LogP contribution in [0.3, 0.4) is 0 Å². The van der Waals surface area contributed by atoms with Gasteiger partial charge < -0.3 is 0 Å². The normalized spacial score (nSPS) is 11.0. The first-order chi connectivity index (χ1) is 12.6. The van der Waals surface area contributed by atoms with Gasteiger partial charge in [-0.1, -0.05) is 18.2 Å². The first kappa shape index (κ1) is 16.6. The number of nitrogens with zero attached hydrogens (tertiary/aromatic N) is 5. The van der Waals surface area contributed by atoms with Crippen molar-refractivity contribution in [3.05, 3.63) is 70.2 Å². The average molecular weight is 361 g/mol. The molecule has 0 aliphatic carbocycles. The Kier molecular flexibility index (Phi) is 4.34. The Balaban J connectivity index is 1.65. The van der Waals surface area contributed by atoms with Crippen LogP contribution < -0.4 is 0 Å². The number of aryl methyl sites for hydroxylation is 3. The van der Waals surface area contributed by atoms with E-state index in [4.69, 9.17) is 5.10 Å². The predicted octanol–water partition coefficient (Wildman–Crippen LogP) is 4.44. The summed E-state index contributed by atoms with van der Waals surface area (Å²) in [6, 6.07) is 10.4. The Bertz CT molecular complexity index is 1060. The van der Waals surface area contributed by atoms with Gasteiger partial charge in [0, 0.05) is 28.4 Å². The van der Waals surface area contributed by atoms with Crippen LogP contribution in [0.25, 0.3) is 22.5 Å². The lowest BCUT2D eigenvalue weighted by Gasteiger charge is -2.07. The van der Waals surface area contributed by atoms with E-state index in [1.165, 1.54) is 4.88 Å². The highest BCUT2D eigenvalue weighted by Crippen LogP contribution is 2.26. The van der Waals surface area contributed by atoms with Crippen molar-refractivity contribution < 1.29 is 0 Å². The standard InChI is InChI=1S/C20H19N5S/c1-13-10-21-15(3)20(23-13)17-6-4-5-16(9-17)18-7-8-25(24-18)11-19-14(2)22-12-26-19/h4-10,12H,11H2,1-3H3. The maximum absolute atomic E-state index is 4.73. The molecule has 1 aromatic carbocycles. The summed E-state index contributed by atoms with van der Waals surface area (Å²) < 4.78 is 1.96. The summed E-state index contributed by atoms with van der Waals surface area (Å²) in [5, 5.41) is 4.73. The van der Waals surface area contributed by atoms with E-state index in [0.29, 0.717) is 0 Å². The van der Waals surface area contributed by atoms with Gasteiger partial charge in [-0.25, -0.2) is 9.97 Å². The van der Waals surface area contributed by atoms with Crippen molar-refractivity contribution in [3.63, 3.8) is 0 Å². The fraction of sp³-hybridized carbons (Fsp3) is 0.200. The van der Waals surface area contributed by atoms with Crippen LogP contribution in [0.5, 0.6) is 0 Å². The van der Waals surface area contributed by atoms with Crippen molar-refractivity contribution in [1.29, 1.82) is 0 Å². The molecule has 6 heteroatoms. The van der Waals surface area contributed by atoms with Crippen LogP contribution in [0.1, 0.15) is 22.0 Å². The van der Waals surface area contributed by atoms with Gasteiger partial charge in [-0.15, -0.1) is 11.3 Å². The number of aromatic nitrogens is 5. The summed E-state index contributed by atoms with van der Waals surface area (Å²) >= 11 is 1.66. The molecule has 0 unspecified atom stereocenters. The largest absolute Gasteiger partial charge is 0.267 e. The molecular formula is C20H19N5S. The molecule has 0 spiro atoms. The van der Waals surface area contributed by atoms with Gasteiger partial charge in [-0.3, -0.25) is 9.67 Å². The molecule has 0 fully saturated rings. The number of thiazole rings is 1. The van der Waals surface area contributed by atoms with Crippen LogP contribution in [0, 0.1) is 20.8 Å². The molecule has 3 heterocycles. The quantitative estimate of drug-likeness (QED) is 0.539. The van der Waals surface area contributed by atoms with Crippen LogP contribution in [0.15, 0.2) is 48.2 Å². The molecular weight excluding hydrogens is 342 g/mol. The van der Waals surface area contributed by atoms with Crippen LogP contribution in [-0.2, 0) is 6.54 Å². The van der Waals surface area contributed by atoms with Crippen LogP contribution in [0.4, 0.5) is 0 Å². The smallest absolute Gasteiger partial charge is 0.0923 e. The summed E-state index contributed by atoms with van der Waals surface area (Å²) in [6.07, 6.45) is 3.81. The summed E-state index contributed by atoms with van der Waals surface area (Å²) in [6.45, 7) is 6.73. The molecule has 5 nitrogen and oxygen atoms in total. The van der Waals surface area contributed by atoms with Gasteiger partial charge >= 0.3 is 0 Å². The zero-order valence-electron chi connectivity index (χ0n) is 15.0. The van der Waals surface area contributed by atoms with Crippen LogP contribution >= 0.6 is 11.3 Å². The van der Waals surface area contributed by atoms with Crippen molar-refractivity contribution in [2.75, 3.05) is 0 Å². The summed E-state index contributed by atoms with van der Waals surface area (Å²) in [5.41, 5.74) is 8.80. The van der Waals surface area contributed by atoms with Crippen molar-refractivity contribution in [2.24, 2.45) is 0 Å². The molecule has 0 aliphatic heterocycles. The molecule has 4 aromatic rings. The van der Waals surface area contributed by atoms with Crippen molar-refractivity contribution >= 4 is 11.3 Å². The first-order valence-electron chi connectivity index (χ1n) is 8.43. The lowest BCUT2D eigenvalue weighted by Crippen LogP contribution is -2.00. The minimum absolute atomic E-state index is 0.749. The van der Waals surface area contributed by atoms with E-state index in [-0.39, 0.29) is 0 Å². The zero-order valence-corrected chi connectivity index (χ0v) is 15.8. The lowest BCUT2D eigenvalue weighted by atomic mass is 10.0. The van der Waals surface area contributed by atoms with E-state index in [1.807, 2.05) is 49.3 Å². The van der Waals surface area contributed by atoms with Gasteiger partial charge in [0.05, 0.1) is 40.5 Å². The Labute approximate surface area is 156 Å². The summed E-state index contributed by atoms with van der Waals surface area (Å²) in [5.74, 6) is 0. The third-order valence-corrected chi connectivity index (χ3v) is 5.22. The predicted molar refractivity (Wildman–Crippen MR) is 104 cm³/mol. The van der Waals surface area contributed by atoms with Gasteiger partial charge in [-0.2, -0.15) is 5.10 Å². The van der Waals surface area contributed by atoms with Gasteiger partial charge in [-0.05, 0) is 32.9 Å². The highest BCUT2D eigenvalue weighted by molar-refractivity contribution is 7.09. The first-order valence-corrected chi connectivity index (χ1v) is 9.31. The summed E-state index contributed by atoms with van der Waals surface area (Å²) in [7, 11) is 0. The zero-order chi connectivity index (χ0) is 18.1.